The number of aliphatic hydroxyl groups is 1. The Morgan fingerprint density at radius 1 is 1.36 bits per heavy atom. The predicted molar refractivity (Wildman–Crippen MR) is 101 cm³/mol. The number of nitrogens with one attached hydrogen (secondary N) is 2. The Labute approximate surface area is 162 Å². The zero-order chi connectivity index (χ0) is 20.3. The van der Waals surface area contributed by atoms with Crippen LogP contribution in [0.2, 0.25) is 0 Å². The number of aromatic nitrogens is 2. The normalized spacial score (nSPS) is 21.5. The van der Waals surface area contributed by atoms with Crippen molar-refractivity contribution >= 4 is 11.8 Å². The molecule has 28 heavy (non-hydrogen) atoms. The molecular weight excluding hydrogens is 363 g/mol. The van der Waals surface area contributed by atoms with Gasteiger partial charge in [0.05, 0.1) is 24.3 Å². The molecule has 1 heterocycles. The van der Waals surface area contributed by atoms with Crippen molar-refractivity contribution in [2.75, 3.05) is 0 Å². The molecule has 0 spiro atoms. The van der Waals surface area contributed by atoms with E-state index in [1.807, 2.05) is 20.2 Å². The van der Waals surface area contributed by atoms with Crippen LogP contribution in [0.15, 0.2) is 30.5 Å². The second kappa shape index (κ2) is 8.52. The molecule has 1 aromatic carbocycles. The van der Waals surface area contributed by atoms with Crippen molar-refractivity contribution in [1.29, 1.82) is 0 Å². The lowest BCUT2D eigenvalue weighted by Gasteiger charge is -2.16. The molecule has 0 aliphatic heterocycles. The zero-order valence-corrected chi connectivity index (χ0v) is 16.0. The first kappa shape index (κ1) is 20.0. The average molecular weight is 388 g/mol. The molecule has 1 fully saturated rings. The maximum atomic E-state index is 13.2. The zero-order valence-electron chi connectivity index (χ0n) is 16.0. The lowest BCUT2D eigenvalue weighted by molar-refractivity contribution is -0.125. The van der Waals surface area contributed by atoms with E-state index in [0.29, 0.717) is 24.9 Å². The second-order valence-electron chi connectivity index (χ2n) is 7.35. The number of carbonyl (C=O) groups is 2. The van der Waals surface area contributed by atoms with Crippen molar-refractivity contribution in [3.05, 3.63) is 53.1 Å². The molecule has 3 N–H and O–H groups in total. The van der Waals surface area contributed by atoms with Crippen LogP contribution in [0.25, 0.3) is 0 Å². The van der Waals surface area contributed by atoms with Crippen molar-refractivity contribution < 1.29 is 19.1 Å². The minimum atomic E-state index is -0.785. The molecule has 3 atom stereocenters. The van der Waals surface area contributed by atoms with Crippen molar-refractivity contribution in [3.63, 3.8) is 0 Å². The van der Waals surface area contributed by atoms with Crippen LogP contribution >= 0.6 is 0 Å². The van der Waals surface area contributed by atoms with Gasteiger partial charge in [0.25, 0.3) is 0 Å². The summed E-state index contributed by atoms with van der Waals surface area (Å²) in [5.41, 5.74) is 2.36. The van der Waals surface area contributed by atoms with Gasteiger partial charge in [-0.3, -0.25) is 14.3 Å². The van der Waals surface area contributed by atoms with Crippen molar-refractivity contribution in [2.45, 2.75) is 44.9 Å². The van der Waals surface area contributed by atoms with E-state index in [-0.39, 0.29) is 24.2 Å². The molecule has 0 unspecified atom stereocenters. The molecule has 150 valence electrons. The lowest BCUT2D eigenvalue weighted by Crippen LogP contribution is -2.40. The number of rotatable bonds is 6. The molecule has 2 amide bonds. The Hall–Kier alpha value is -2.74. The highest BCUT2D eigenvalue weighted by molar-refractivity contribution is 5.81. The molecular formula is C20H25FN4O3. The molecule has 2 aromatic rings. The maximum Gasteiger partial charge on any atom is 0.224 e. The number of aryl methyl sites for hydroxylation is 2. The summed E-state index contributed by atoms with van der Waals surface area (Å²) in [6.07, 6.45) is 1.76. The molecule has 0 saturated heterocycles. The molecule has 1 aromatic heterocycles. The third-order valence-corrected chi connectivity index (χ3v) is 5.07. The van der Waals surface area contributed by atoms with Crippen molar-refractivity contribution in [3.8, 4) is 0 Å². The first-order valence-corrected chi connectivity index (χ1v) is 9.30. The highest BCUT2D eigenvalue weighted by atomic mass is 19.1. The average Bonchev–Trinajstić information content (AvgIpc) is 3.14. The summed E-state index contributed by atoms with van der Waals surface area (Å²) in [5, 5.41) is 20.1. The Kier molecular flexibility index (Phi) is 6.08. The number of halogens is 1. The highest BCUT2D eigenvalue weighted by Gasteiger charge is 2.37. The number of hydrogen-bond acceptors (Lipinski definition) is 4. The van der Waals surface area contributed by atoms with Crippen LogP contribution in [0.4, 0.5) is 4.39 Å². The number of benzene rings is 1. The monoisotopic (exact) mass is 388 g/mol. The predicted octanol–water partition coefficient (Wildman–Crippen LogP) is 0.982. The van der Waals surface area contributed by atoms with Crippen LogP contribution in [-0.2, 0) is 29.6 Å². The quantitative estimate of drug-likeness (QED) is 0.687. The van der Waals surface area contributed by atoms with Gasteiger partial charge < -0.3 is 15.7 Å². The van der Waals surface area contributed by atoms with Crippen molar-refractivity contribution in [1.82, 2.24) is 20.4 Å². The van der Waals surface area contributed by atoms with Gasteiger partial charge in [-0.25, -0.2) is 4.39 Å². The molecule has 1 aliphatic rings. The summed E-state index contributed by atoms with van der Waals surface area (Å²) >= 11 is 0. The van der Waals surface area contributed by atoms with Gasteiger partial charge in [-0.15, -0.1) is 0 Å². The second-order valence-corrected chi connectivity index (χ2v) is 7.35. The van der Waals surface area contributed by atoms with Crippen LogP contribution < -0.4 is 10.6 Å². The van der Waals surface area contributed by atoms with Gasteiger partial charge in [-0.2, -0.15) is 5.10 Å². The van der Waals surface area contributed by atoms with E-state index in [1.165, 1.54) is 12.1 Å². The third-order valence-electron chi connectivity index (χ3n) is 5.07. The molecule has 0 bridgehead atoms. The summed E-state index contributed by atoms with van der Waals surface area (Å²) in [4.78, 5) is 24.6. The van der Waals surface area contributed by atoms with Crippen LogP contribution in [0.1, 0.15) is 29.7 Å². The van der Waals surface area contributed by atoms with E-state index in [0.717, 1.165) is 11.3 Å². The Bertz CT molecular complexity index is 867. The highest BCUT2D eigenvalue weighted by Crippen LogP contribution is 2.26. The lowest BCUT2D eigenvalue weighted by atomic mass is 10.1. The SMILES string of the molecule is Cc1nn(C)cc1CNC(=O)[C@H]1C[C@H](NC(=O)Cc2cccc(F)c2)[C@@H](O)C1. The van der Waals surface area contributed by atoms with Crippen LogP contribution in [0.3, 0.4) is 0 Å². The van der Waals surface area contributed by atoms with E-state index >= 15 is 0 Å². The number of carbonyl (C=O) groups excluding carboxylic acids is 2. The fraction of sp³-hybridized carbons (Fsp3) is 0.450. The van der Waals surface area contributed by atoms with Gasteiger partial charge in [0.2, 0.25) is 11.8 Å². The molecule has 7 nitrogen and oxygen atoms in total. The standard InChI is InChI=1S/C20H25FN4O3/c1-12-15(11-25(2)24-12)10-22-20(28)14-8-17(18(26)9-14)23-19(27)7-13-4-3-5-16(21)6-13/h3-6,11,14,17-18,26H,7-10H2,1-2H3,(H,22,28)(H,23,27)/t14-,17-,18-/m0/s1. The van der Waals surface area contributed by atoms with Gasteiger partial charge in [0.1, 0.15) is 5.82 Å². The van der Waals surface area contributed by atoms with Crippen LogP contribution in [0.5, 0.6) is 0 Å². The van der Waals surface area contributed by atoms with Crippen LogP contribution in [-0.4, -0.2) is 38.8 Å². The Morgan fingerprint density at radius 3 is 2.82 bits per heavy atom. The summed E-state index contributed by atoms with van der Waals surface area (Å²) in [5.74, 6) is -1.22. The first-order valence-electron chi connectivity index (χ1n) is 9.30. The van der Waals surface area contributed by atoms with Gasteiger partial charge in [-0.05, 0) is 37.5 Å². The largest absolute Gasteiger partial charge is 0.391 e. The van der Waals surface area contributed by atoms with E-state index in [9.17, 15) is 19.1 Å². The third kappa shape index (κ3) is 4.95. The smallest absolute Gasteiger partial charge is 0.224 e. The van der Waals surface area contributed by atoms with Crippen LogP contribution in [0, 0.1) is 18.7 Å². The van der Waals surface area contributed by atoms with E-state index in [4.69, 9.17) is 0 Å². The number of aliphatic hydroxyl groups excluding tert-OH is 1. The summed E-state index contributed by atoms with van der Waals surface area (Å²) < 4.78 is 14.9. The molecule has 8 heteroatoms. The van der Waals surface area contributed by atoms with E-state index < -0.39 is 18.0 Å². The van der Waals surface area contributed by atoms with E-state index in [2.05, 4.69) is 15.7 Å². The van der Waals surface area contributed by atoms with Gasteiger partial charge >= 0.3 is 0 Å². The topological polar surface area (TPSA) is 96.3 Å². The molecule has 0 radical (unpaired) electrons. The molecule has 1 saturated carbocycles. The van der Waals surface area contributed by atoms with Gasteiger partial charge in [0, 0.05) is 31.3 Å². The van der Waals surface area contributed by atoms with Gasteiger partial charge in [-0.1, -0.05) is 12.1 Å². The summed E-state index contributed by atoms with van der Waals surface area (Å²) in [7, 11) is 1.82. The Morgan fingerprint density at radius 2 is 2.14 bits per heavy atom. The summed E-state index contributed by atoms with van der Waals surface area (Å²) in [6, 6.07) is 5.36. The fourth-order valence-corrected chi connectivity index (χ4v) is 3.62. The minimum absolute atomic E-state index is 0.0259. The maximum absolute atomic E-state index is 13.2. The first-order chi connectivity index (χ1) is 13.3. The minimum Gasteiger partial charge on any atom is -0.391 e. The molecule has 1 aliphatic carbocycles. The summed E-state index contributed by atoms with van der Waals surface area (Å²) in [6.45, 7) is 2.26. The fourth-order valence-electron chi connectivity index (χ4n) is 3.62. The Balaban J connectivity index is 1.49. The van der Waals surface area contributed by atoms with Crippen molar-refractivity contribution in [2.24, 2.45) is 13.0 Å². The number of amides is 2. The molecule has 3 rings (SSSR count). The number of nitrogens with zero attached hydrogens (tertiary/aromatic N) is 2. The number of hydrogen-bond donors (Lipinski definition) is 3. The van der Waals surface area contributed by atoms with E-state index in [1.54, 1.807) is 16.8 Å². The van der Waals surface area contributed by atoms with Gasteiger partial charge in [0.15, 0.2) is 0 Å².